The van der Waals surface area contributed by atoms with Crippen LogP contribution in [0.5, 0.6) is 0 Å². The van der Waals surface area contributed by atoms with Gasteiger partial charge >= 0.3 is 0 Å². The van der Waals surface area contributed by atoms with E-state index in [9.17, 15) is 4.79 Å². The average molecular weight is 226 g/mol. The van der Waals surface area contributed by atoms with Gasteiger partial charge in [-0.2, -0.15) is 0 Å². The van der Waals surface area contributed by atoms with Crippen molar-refractivity contribution in [3.05, 3.63) is 0 Å². The largest absolute Gasteiger partial charge is 0.376 e. The second-order valence-electron chi connectivity index (χ2n) is 5.21. The van der Waals surface area contributed by atoms with Gasteiger partial charge in [-0.3, -0.25) is 4.79 Å². The highest BCUT2D eigenvalue weighted by molar-refractivity contribution is 5.79. The third kappa shape index (κ3) is 2.38. The van der Waals surface area contributed by atoms with Gasteiger partial charge < -0.3 is 15.4 Å². The molecule has 2 rings (SSSR count). The highest BCUT2D eigenvalue weighted by Gasteiger charge is 2.39. The van der Waals surface area contributed by atoms with Gasteiger partial charge in [0.15, 0.2) is 0 Å². The maximum absolute atomic E-state index is 12.1. The Bertz CT molecular complexity index is 264. The van der Waals surface area contributed by atoms with E-state index in [1.165, 1.54) is 0 Å². The summed E-state index contributed by atoms with van der Waals surface area (Å²) in [5.41, 5.74) is -0.172. The molecule has 0 saturated carbocycles. The minimum Gasteiger partial charge on any atom is -0.376 e. The third-order valence-corrected chi connectivity index (χ3v) is 3.96. The summed E-state index contributed by atoms with van der Waals surface area (Å²) in [6.07, 6.45) is 3.14. The summed E-state index contributed by atoms with van der Waals surface area (Å²) in [5, 5.41) is 6.44. The lowest BCUT2D eigenvalue weighted by Gasteiger charge is -2.32. The van der Waals surface area contributed by atoms with Crippen LogP contribution >= 0.6 is 0 Å². The molecule has 2 aliphatic rings. The Kier molecular flexibility index (Phi) is 3.50. The zero-order valence-electron chi connectivity index (χ0n) is 10.2. The van der Waals surface area contributed by atoms with Crippen LogP contribution in [0.2, 0.25) is 0 Å². The van der Waals surface area contributed by atoms with Crippen LogP contribution in [0.1, 0.15) is 33.1 Å². The SMILES string of the molecule is CC1OCCC1(C)NC(=O)[C@H]1CCCNC1. The minimum atomic E-state index is -0.172. The first-order valence-corrected chi connectivity index (χ1v) is 6.26. The number of hydrogen-bond acceptors (Lipinski definition) is 3. The van der Waals surface area contributed by atoms with Crippen LogP contribution in [0.25, 0.3) is 0 Å². The zero-order valence-corrected chi connectivity index (χ0v) is 10.2. The quantitative estimate of drug-likeness (QED) is 0.727. The topological polar surface area (TPSA) is 50.4 Å². The highest BCUT2D eigenvalue weighted by atomic mass is 16.5. The molecule has 2 saturated heterocycles. The van der Waals surface area contributed by atoms with Crippen LogP contribution in [0.15, 0.2) is 0 Å². The molecule has 0 bridgehead atoms. The normalized spacial score (nSPS) is 39.6. The summed E-state index contributed by atoms with van der Waals surface area (Å²) in [6.45, 7) is 6.73. The molecule has 16 heavy (non-hydrogen) atoms. The molecule has 0 spiro atoms. The Morgan fingerprint density at radius 3 is 2.94 bits per heavy atom. The fraction of sp³-hybridized carbons (Fsp3) is 0.917. The van der Waals surface area contributed by atoms with Gasteiger partial charge in [0.2, 0.25) is 5.91 Å². The second-order valence-corrected chi connectivity index (χ2v) is 5.21. The molecule has 0 aromatic heterocycles. The van der Waals surface area contributed by atoms with Crippen LogP contribution in [-0.4, -0.2) is 37.2 Å². The molecule has 0 radical (unpaired) electrons. The molecule has 1 amide bonds. The van der Waals surface area contributed by atoms with Gasteiger partial charge in [-0.1, -0.05) is 0 Å². The number of carbonyl (C=O) groups is 1. The molecule has 2 unspecified atom stereocenters. The van der Waals surface area contributed by atoms with Gasteiger partial charge in [0.25, 0.3) is 0 Å². The van der Waals surface area contributed by atoms with Crippen molar-refractivity contribution >= 4 is 5.91 Å². The van der Waals surface area contributed by atoms with Crippen LogP contribution in [0, 0.1) is 5.92 Å². The standard InChI is InChI=1S/C12H22N2O2/c1-9-12(2,5-7-16-9)14-11(15)10-4-3-6-13-8-10/h9-10,13H,3-8H2,1-2H3,(H,14,15)/t9?,10-,12?/m0/s1. The maximum atomic E-state index is 12.1. The number of hydrogen-bond donors (Lipinski definition) is 2. The van der Waals surface area contributed by atoms with E-state index in [1.54, 1.807) is 0 Å². The number of piperidine rings is 1. The molecule has 2 aliphatic heterocycles. The third-order valence-electron chi connectivity index (χ3n) is 3.96. The fourth-order valence-electron chi connectivity index (χ4n) is 2.46. The van der Waals surface area contributed by atoms with E-state index in [2.05, 4.69) is 17.6 Å². The summed E-state index contributed by atoms with van der Waals surface area (Å²) in [6, 6.07) is 0. The van der Waals surface area contributed by atoms with Crippen LogP contribution in [-0.2, 0) is 9.53 Å². The van der Waals surface area contributed by atoms with E-state index < -0.39 is 0 Å². The number of nitrogens with one attached hydrogen (secondary N) is 2. The molecule has 0 aliphatic carbocycles. The van der Waals surface area contributed by atoms with E-state index in [0.717, 1.165) is 39.0 Å². The highest BCUT2D eigenvalue weighted by Crippen LogP contribution is 2.26. The Morgan fingerprint density at radius 2 is 2.38 bits per heavy atom. The molecule has 0 aromatic rings. The molecule has 2 heterocycles. The van der Waals surface area contributed by atoms with Gasteiger partial charge in [-0.05, 0) is 39.7 Å². The van der Waals surface area contributed by atoms with Gasteiger partial charge in [0, 0.05) is 13.2 Å². The molecule has 2 fully saturated rings. The lowest BCUT2D eigenvalue weighted by molar-refractivity contribution is -0.128. The molecule has 3 atom stereocenters. The Morgan fingerprint density at radius 1 is 1.56 bits per heavy atom. The van der Waals surface area contributed by atoms with Crippen LogP contribution in [0.3, 0.4) is 0 Å². The van der Waals surface area contributed by atoms with Gasteiger partial charge in [-0.25, -0.2) is 0 Å². The molecule has 0 aromatic carbocycles. The maximum Gasteiger partial charge on any atom is 0.224 e. The predicted molar refractivity (Wildman–Crippen MR) is 62.2 cm³/mol. The van der Waals surface area contributed by atoms with Gasteiger partial charge in [0.1, 0.15) is 0 Å². The minimum absolute atomic E-state index is 0.119. The lowest BCUT2D eigenvalue weighted by Crippen LogP contribution is -2.54. The Balaban J connectivity index is 1.90. The van der Waals surface area contributed by atoms with Crippen molar-refractivity contribution < 1.29 is 9.53 Å². The van der Waals surface area contributed by atoms with E-state index in [-0.39, 0.29) is 23.5 Å². The van der Waals surface area contributed by atoms with Gasteiger partial charge in [-0.15, -0.1) is 0 Å². The van der Waals surface area contributed by atoms with Crippen LogP contribution < -0.4 is 10.6 Å². The number of ether oxygens (including phenoxy) is 1. The van der Waals surface area contributed by atoms with Crippen molar-refractivity contribution in [1.29, 1.82) is 0 Å². The predicted octanol–water partition coefficient (Wildman–Crippen LogP) is 0.670. The van der Waals surface area contributed by atoms with E-state index in [1.807, 2.05) is 6.92 Å². The summed E-state index contributed by atoms with van der Waals surface area (Å²) in [4.78, 5) is 12.1. The number of amides is 1. The van der Waals surface area contributed by atoms with Crippen molar-refractivity contribution in [2.75, 3.05) is 19.7 Å². The monoisotopic (exact) mass is 226 g/mol. The lowest BCUT2D eigenvalue weighted by atomic mass is 9.92. The number of carbonyl (C=O) groups excluding carboxylic acids is 1. The zero-order chi connectivity index (χ0) is 11.6. The first kappa shape index (κ1) is 11.9. The second kappa shape index (κ2) is 4.72. The van der Waals surface area contributed by atoms with Crippen molar-refractivity contribution in [3.8, 4) is 0 Å². The molecule has 4 heteroatoms. The Hall–Kier alpha value is -0.610. The van der Waals surface area contributed by atoms with Crippen molar-refractivity contribution in [3.63, 3.8) is 0 Å². The molecular formula is C12H22N2O2. The van der Waals surface area contributed by atoms with Gasteiger partial charge in [0.05, 0.1) is 17.6 Å². The summed E-state index contributed by atoms with van der Waals surface area (Å²) in [5.74, 6) is 0.324. The summed E-state index contributed by atoms with van der Waals surface area (Å²) in [7, 11) is 0. The molecule has 2 N–H and O–H groups in total. The molecule has 4 nitrogen and oxygen atoms in total. The molecular weight excluding hydrogens is 204 g/mol. The van der Waals surface area contributed by atoms with E-state index in [4.69, 9.17) is 4.74 Å². The average Bonchev–Trinajstić information content (AvgIpc) is 2.60. The van der Waals surface area contributed by atoms with E-state index >= 15 is 0 Å². The first-order valence-electron chi connectivity index (χ1n) is 6.26. The van der Waals surface area contributed by atoms with Crippen molar-refractivity contribution in [1.82, 2.24) is 10.6 Å². The first-order chi connectivity index (χ1) is 7.62. The summed E-state index contributed by atoms with van der Waals surface area (Å²) < 4.78 is 5.53. The smallest absolute Gasteiger partial charge is 0.224 e. The van der Waals surface area contributed by atoms with Crippen molar-refractivity contribution in [2.45, 2.75) is 44.8 Å². The number of rotatable bonds is 2. The fourth-order valence-corrected chi connectivity index (χ4v) is 2.46. The van der Waals surface area contributed by atoms with Crippen molar-refractivity contribution in [2.24, 2.45) is 5.92 Å². The summed E-state index contributed by atoms with van der Waals surface area (Å²) >= 11 is 0. The van der Waals surface area contributed by atoms with E-state index in [0.29, 0.717) is 0 Å². The Labute approximate surface area is 97.1 Å². The van der Waals surface area contributed by atoms with Crippen LogP contribution in [0.4, 0.5) is 0 Å². The molecule has 92 valence electrons.